The molecule has 62 valence electrons. The summed E-state index contributed by atoms with van der Waals surface area (Å²) in [6, 6.07) is 0. The summed E-state index contributed by atoms with van der Waals surface area (Å²) < 4.78 is 18.5. The first-order valence-corrected chi connectivity index (χ1v) is 5.55. The third kappa shape index (κ3) is 2.12. The monoisotopic (exact) mass is 165 g/mol. The summed E-state index contributed by atoms with van der Waals surface area (Å²) in [4.78, 5) is 0. The first kappa shape index (κ1) is 8.33. The van der Waals surface area contributed by atoms with Crippen LogP contribution >= 0.6 is 10.6 Å². The van der Waals surface area contributed by atoms with Crippen molar-refractivity contribution in [2.75, 3.05) is 19.3 Å². The maximum absolute atomic E-state index is 9.25. The van der Waals surface area contributed by atoms with Crippen molar-refractivity contribution in [2.45, 2.75) is 18.1 Å². The van der Waals surface area contributed by atoms with Gasteiger partial charge in [-0.2, -0.15) is 10.6 Å². The molecule has 0 spiro atoms. The SMILES string of the molecule is CS(O)(O)C1CCNCC1. The molecule has 0 aliphatic carbocycles. The van der Waals surface area contributed by atoms with E-state index in [0.29, 0.717) is 0 Å². The second-order valence-corrected chi connectivity index (χ2v) is 5.30. The van der Waals surface area contributed by atoms with Crippen molar-refractivity contribution in [1.82, 2.24) is 5.32 Å². The molecule has 3 nitrogen and oxygen atoms in total. The molecule has 1 fully saturated rings. The lowest BCUT2D eigenvalue weighted by atomic mass is 10.2. The topological polar surface area (TPSA) is 52.5 Å². The second-order valence-electron chi connectivity index (χ2n) is 2.84. The van der Waals surface area contributed by atoms with Gasteiger partial charge in [-0.05, 0) is 25.9 Å². The lowest BCUT2D eigenvalue weighted by Gasteiger charge is -2.38. The molecule has 0 amide bonds. The van der Waals surface area contributed by atoms with Crippen LogP contribution in [0, 0.1) is 0 Å². The van der Waals surface area contributed by atoms with Crippen LogP contribution in [0.2, 0.25) is 0 Å². The van der Waals surface area contributed by atoms with Gasteiger partial charge in [0.1, 0.15) is 0 Å². The predicted molar refractivity (Wildman–Crippen MR) is 44.7 cm³/mol. The van der Waals surface area contributed by atoms with Gasteiger partial charge in [-0.3, -0.25) is 9.11 Å². The summed E-state index contributed by atoms with van der Waals surface area (Å²) in [6.45, 7) is 1.85. The van der Waals surface area contributed by atoms with E-state index in [0.717, 1.165) is 25.9 Å². The molecule has 4 heteroatoms. The zero-order chi connectivity index (χ0) is 7.61. The Morgan fingerprint density at radius 1 is 1.30 bits per heavy atom. The van der Waals surface area contributed by atoms with E-state index in [4.69, 9.17) is 0 Å². The molecule has 1 heterocycles. The van der Waals surface area contributed by atoms with E-state index in [9.17, 15) is 9.11 Å². The largest absolute Gasteiger partial charge is 0.317 e. The van der Waals surface area contributed by atoms with Gasteiger partial charge in [-0.15, -0.1) is 0 Å². The molecule has 0 bridgehead atoms. The van der Waals surface area contributed by atoms with Gasteiger partial charge in [0, 0.05) is 6.26 Å². The maximum Gasteiger partial charge on any atom is 0.0506 e. The van der Waals surface area contributed by atoms with E-state index in [1.54, 1.807) is 6.26 Å². The normalized spacial score (nSPS) is 24.7. The average Bonchev–Trinajstić information content (AvgIpc) is 1.88. The zero-order valence-corrected chi connectivity index (χ0v) is 7.02. The summed E-state index contributed by atoms with van der Waals surface area (Å²) in [5.41, 5.74) is 0. The Morgan fingerprint density at radius 3 is 2.10 bits per heavy atom. The number of piperidine rings is 1. The standard InChI is InChI=1S/C6H15NO2S/c1-10(8,9)6-2-4-7-5-3-6/h6-9H,2-5H2,1H3. The highest BCUT2D eigenvalue weighted by Crippen LogP contribution is 2.43. The Bertz CT molecular complexity index is 107. The second kappa shape index (κ2) is 3.09. The number of nitrogens with one attached hydrogen (secondary N) is 1. The van der Waals surface area contributed by atoms with Crippen molar-refractivity contribution >= 4 is 10.6 Å². The summed E-state index contributed by atoms with van der Waals surface area (Å²) in [5, 5.41) is 3.31. The van der Waals surface area contributed by atoms with Gasteiger partial charge in [-0.25, -0.2) is 0 Å². The van der Waals surface area contributed by atoms with E-state index in [1.165, 1.54) is 0 Å². The molecule has 0 atom stereocenters. The Labute approximate surface area is 63.2 Å². The molecule has 0 aromatic rings. The van der Waals surface area contributed by atoms with E-state index in [2.05, 4.69) is 5.32 Å². The van der Waals surface area contributed by atoms with Crippen LogP contribution in [0.5, 0.6) is 0 Å². The van der Waals surface area contributed by atoms with E-state index >= 15 is 0 Å². The van der Waals surface area contributed by atoms with Crippen molar-refractivity contribution in [3.8, 4) is 0 Å². The van der Waals surface area contributed by atoms with Crippen molar-refractivity contribution in [3.63, 3.8) is 0 Å². The third-order valence-electron chi connectivity index (χ3n) is 1.92. The summed E-state index contributed by atoms with van der Waals surface area (Å²) in [5.74, 6) is 0. The highest BCUT2D eigenvalue weighted by molar-refractivity contribution is 8.24. The Balaban J connectivity index is 2.39. The first-order chi connectivity index (χ1) is 4.61. The number of rotatable bonds is 1. The molecule has 0 radical (unpaired) electrons. The zero-order valence-electron chi connectivity index (χ0n) is 6.21. The summed E-state index contributed by atoms with van der Waals surface area (Å²) in [7, 11) is -2.27. The molecule has 0 aromatic heterocycles. The molecule has 0 aromatic carbocycles. The first-order valence-electron chi connectivity index (χ1n) is 3.53. The molecular weight excluding hydrogens is 150 g/mol. The number of hydrogen-bond donors (Lipinski definition) is 3. The molecule has 1 rings (SSSR count). The van der Waals surface area contributed by atoms with Gasteiger partial charge in [-0.1, -0.05) is 0 Å². The molecule has 10 heavy (non-hydrogen) atoms. The smallest absolute Gasteiger partial charge is 0.0506 e. The summed E-state index contributed by atoms with van der Waals surface area (Å²) >= 11 is 0. The van der Waals surface area contributed by atoms with Crippen molar-refractivity contribution in [2.24, 2.45) is 0 Å². The molecule has 1 aliphatic rings. The van der Waals surface area contributed by atoms with E-state index < -0.39 is 10.6 Å². The predicted octanol–water partition coefficient (Wildman–Crippen LogP) is 1.12. The molecule has 3 N–H and O–H groups in total. The van der Waals surface area contributed by atoms with Gasteiger partial charge >= 0.3 is 0 Å². The van der Waals surface area contributed by atoms with Gasteiger partial charge < -0.3 is 5.32 Å². The molecule has 1 aliphatic heterocycles. The lowest BCUT2D eigenvalue weighted by Crippen LogP contribution is -2.33. The number of hydrogen-bond acceptors (Lipinski definition) is 3. The fraction of sp³-hybridized carbons (Fsp3) is 1.00. The Kier molecular flexibility index (Phi) is 2.57. The molecule has 1 saturated heterocycles. The van der Waals surface area contributed by atoms with Crippen LogP contribution in [0.25, 0.3) is 0 Å². The van der Waals surface area contributed by atoms with Gasteiger partial charge in [0.05, 0.1) is 5.25 Å². The Hall–Kier alpha value is 0.230. The average molecular weight is 165 g/mol. The third-order valence-corrected chi connectivity index (χ3v) is 3.65. The van der Waals surface area contributed by atoms with Crippen molar-refractivity contribution in [3.05, 3.63) is 0 Å². The van der Waals surface area contributed by atoms with Crippen LogP contribution < -0.4 is 5.32 Å². The van der Waals surface area contributed by atoms with Gasteiger partial charge in [0.15, 0.2) is 0 Å². The van der Waals surface area contributed by atoms with Gasteiger partial charge in [0.25, 0.3) is 0 Å². The van der Waals surface area contributed by atoms with Crippen LogP contribution in [0.3, 0.4) is 0 Å². The minimum absolute atomic E-state index is 0.133. The van der Waals surface area contributed by atoms with Gasteiger partial charge in [0.2, 0.25) is 0 Å². The van der Waals surface area contributed by atoms with Crippen LogP contribution in [0.15, 0.2) is 0 Å². The van der Waals surface area contributed by atoms with Crippen molar-refractivity contribution in [1.29, 1.82) is 0 Å². The highest BCUT2D eigenvalue weighted by atomic mass is 32.3. The fourth-order valence-electron chi connectivity index (χ4n) is 1.24. The quantitative estimate of drug-likeness (QED) is 0.545. The van der Waals surface area contributed by atoms with Crippen LogP contribution in [-0.4, -0.2) is 33.7 Å². The van der Waals surface area contributed by atoms with E-state index in [-0.39, 0.29) is 5.25 Å². The van der Waals surface area contributed by atoms with Crippen molar-refractivity contribution < 1.29 is 9.11 Å². The minimum atomic E-state index is -2.27. The van der Waals surface area contributed by atoms with Crippen LogP contribution in [0.1, 0.15) is 12.8 Å². The summed E-state index contributed by atoms with van der Waals surface area (Å²) in [6.07, 6.45) is 3.35. The van der Waals surface area contributed by atoms with E-state index in [1.807, 2.05) is 0 Å². The molecule has 0 saturated carbocycles. The lowest BCUT2D eigenvalue weighted by molar-refractivity contribution is 0.437. The van der Waals surface area contributed by atoms with Crippen LogP contribution in [0.4, 0.5) is 0 Å². The maximum atomic E-state index is 9.25. The van der Waals surface area contributed by atoms with Crippen LogP contribution in [-0.2, 0) is 0 Å². The minimum Gasteiger partial charge on any atom is -0.317 e. The molecular formula is C6H15NO2S. The Morgan fingerprint density at radius 2 is 1.80 bits per heavy atom. The molecule has 0 unspecified atom stereocenters. The fourth-order valence-corrected chi connectivity index (χ4v) is 2.37. The highest BCUT2D eigenvalue weighted by Gasteiger charge is 2.22.